The summed E-state index contributed by atoms with van der Waals surface area (Å²) in [6, 6.07) is 0.278. The van der Waals surface area contributed by atoms with Crippen molar-refractivity contribution in [1.82, 2.24) is 8.61 Å². The standard InChI is InChI=1S/C12H23N3O2S/c13-12-4-3-10-8-15(9-11(10)7-12)18(16,17)14-5-1-2-6-14/h10-12H,1-9,13H2/t10-,11+,12?/m0/s1. The number of nitrogens with two attached hydrogens (primary N) is 1. The zero-order chi connectivity index (χ0) is 12.8. The maximum atomic E-state index is 12.5. The Bertz CT molecular complexity index is 406. The summed E-state index contributed by atoms with van der Waals surface area (Å²) in [6.45, 7) is 2.81. The molecule has 3 aliphatic rings. The SMILES string of the molecule is NC1CC[C@H]2CN(S(=O)(=O)N3CCCC3)C[C@H]2C1. The van der Waals surface area contributed by atoms with E-state index in [0.29, 0.717) is 31.5 Å². The van der Waals surface area contributed by atoms with Crippen LogP contribution in [0.2, 0.25) is 0 Å². The van der Waals surface area contributed by atoms with Crippen LogP contribution in [-0.4, -0.2) is 49.2 Å². The summed E-state index contributed by atoms with van der Waals surface area (Å²) in [5.41, 5.74) is 5.99. The van der Waals surface area contributed by atoms with Crippen LogP contribution < -0.4 is 5.73 Å². The van der Waals surface area contributed by atoms with Gasteiger partial charge in [-0.15, -0.1) is 0 Å². The molecule has 0 aromatic rings. The fraction of sp³-hybridized carbons (Fsp3) is 1.00. The van der Waals surface area contributed by atoms with Crippen molar-refractivity contribution in [2.75, 3.05) is 26.2 Å². The molecule has 2 aliphatic heterocycles. The zero-order valence-corrected chi connectivity index (χ0v) is 11.6. The molecule has 3 rings (SSSR count). The highest BCUT2D eigenvalue weighted by atomic mass is 32.2. The lowest BCUT2D eigenvalue weighted by Gasteiger charge is -2.28. The maximum Gasteiger partial charge on any atom is 0.281 e. The van der Waals surface area contributed by atoms with Crippen LogP contribution in [0.25, 0.3) is 0 Å². The monoisotopic (exact) mass is 273 g/mol. The Labute approximate surface area is 109 Å². The van der Waals surface area contributed by atoms with Crippen molar-refractivity contribution in [3.05, 3.63) is 0 Å². The van der Waals surface area contributed by atoms with Crippen LogP contribution >= 0.6 is 0 Å². The fourth-order valence-corrected chi connectivity index (χ4v) is 5.50. The summed E-state index contributed by atoms with van der Waals surface area (Å²) in [4.78, 5) is 0. The van der Waals surface area contributed by atoms with E-state index >= 15 is 0 Å². The molecular weight excluding hydrogens is 250 g/mol. The van der Waals surface area contributed by atoms with Crippen molar-refractivity contribution >= 4 is 10.2 Å². The molecule has 5 nitrogen and oxygen atoms in total. The van der Waals surface area contributed by atoms with Crippen LogP contribution in [0.15, 0.2) is 0 Å². The quantitative estimate of drug-likeness (QED) is 0.791. The second kappa shape index (κ2) is 4.74. The lowest BCUT2D eigenvalue weighted by Crippen LogP contribution is -2.41. The van der Waals surface area contributed by atoms with E-state index in [9.17, 15) is 8.42 Å². The number of hydrogen-bond acceptors (Lipinski definition) is 3. The molecule has 0 amide bonds. The van der Waals surface area contributed by atoms with Gasteiger partial charge in [0.15, 0.2) is 0 Å². The highest BCUT2D eigenvalue weighted by molar-refractivity contribution is 7.86. The Hall–Kier alpha value is -0.170. The Morgan fingerprint density at radius 3 is 2.33 bits per heavy atom. The molecule has 0 radical (unpaired) electrons. The van der Waals surface area contributed by atoms with E-state index in [1.54, 1.807) is 8.61 Å². The van der Waals surface area contributed by atoms with Gasteiger partial charge in [0.25, 0.3) is 10.2 Å². The Morgan fingerprint density at radius 1 is 0.944 bits per heavy atom. The van der Waals surface area contributed by atoms with Crippen molar-refractivity contribution in [3.63, 3.8) is 0 Å². The lowest BCUT2D eigenvalue weighted by molar-refractivity contribution is 0.271. The van der Waals surface area contributed by atoms with Gasteiger partial charge in [0.2, 0.25) is 0 Å². The number of fused-ring (bicyclic) bond motifs is 1. The van der Waals surface area contributed by atoms with E-state index in [1.165, 1.54) is 0 Å². The normalized spacial score (nSPS) is 39.1. The molecule has 6 heteroatoms. The van der Waals surface area contributed by atoms with E-state index in [-0.39, 0.29) is 6.04 Å². The first-order valence-corrected chi connectivity index (χ1v) is 8.48. The summed E-state index contributed by atoms with van der Waals surface area (Å²) < 4.78 is 28.3. The first-order chi connectivity index (χ1) is 8.57. The van der Waals surface area contributed by atoms with Crippen molar-refractivity contribution in [1.29, 1.82) is 0 Å². The van der Waals surface area contributed by atoms with E-state index in [1.807, 2.05) is 0 Å². The highest BCUT2D eigenvalue weighted by Gasteiger charge is 2.43. The van der Waals surface area contributed by atoms with E-state index in [2.05, 4.69) is 0 Å². The van der Waals surface area contributed by atoms with Gasteiger partial charge in [-0.3, -0.25) is 0 Å². The van der Waals surface area contributed by atoms with Gasteiger partial charge < -0.3 is 5.73 Å². The largest absolute Gasteiger partial charge is 0.328 e. The fourth-order valence-electron chi connectivity index (χ4n) is 3.70. The molecule has 104 valence electrons. The Kier molecular flexibility index (Phi) is 3.38. The van der Waals surface area contributed by atoms with Crippen LogP contribution in [0.4, 0.5) is 0 Å². The smallest absolute Gasteiger partial charge is 0.281 e. The molecule has 3 atom stereocenters. The average molecular weight is 273 g/mol. The van der Waals surface area contributed by atoms with Crippen LogP contribution in [0.1, 0.15) is 32.1 Å². The summed E-state index contributed by atoms with van der Waals surface area (Å²) in [6.07, 6.45) is 5.16. The molecule has 1 aliphatic carbocycles. The van der Waals surface area contributed by atoms with Crippen molar-refractivity contribution in [3.8, 4) is 0 Å². The summed E-state index contributed by atoms with van der Waals surface area (Å²) >= 11 is 0. The molecule has 0 aromatic heterocycles. The van der Waals surface area contributed by atoms with Crippen molar-refractivity contribution in [2.45, 2.75) is 38.1 Å². The molecule has 0 spiro atoms. The molecule has 1 saturated carbocycles. The summed E-state index contributed by atoms with van der Waals surface area (Å²) in [5, 5.41) is 0. The average Bonchev–Trinajstić information content (AvgIpc) is 2.97. The van der Waals surface area contributed by atoms with Crippen LogP contribution in [0.3, 0.4) is 0 Å². The first kappa shape index (κ1) is 12.8. The minimum Gasteiger partial charge on any atom is -0.328 e. The molecule has 0 bridgehead atoms. The maximum absolute atomic E-state index is 12.5. The predicted molar refractivity (Wildman–Crippen MR) is 70.1 cm³/mol. The van der Waals surface area contributed by atoms with E-state index in [4.69, 9.17) is 5.73 Å². The van der Waals surface area contributed by atoms with Gasteiger partial charge in [-0.1, -0.05) is 0 Å². The van der Waals surface area contributed by atoms with E-state index in [0.717, 1.165) is 38.6 Å². The van der Waals surface area contributed by atoms with Crippen LogP contribution in [0, 0.1) is 11.8 Å². The van der Waals surface area contributed by atoms with Gasteiger partial charge in [-0.25, -0.2) is 0 Å². The minimum absolute atomic E-state index is 0.278. The highest BCUT2D eigenvalue weighted by Crippen LogP contribution is 2.37. The topological polar surface area (TPSA) is 66.6 Å². The molecule has 2 N–H and O–H groups in total. The van der Waals surface area contributed by atoms with Gasteiger partial charge in [0, 0.05) is 32.2 Å². The first-order valence-electron chi connectivity index (χ1n) is 7.08. The van der Waals surface area contributed by atoms with Gasteiger partial charge >= 0.3 is 0 Å². The summed E-state index contributed by atoms with van der Waals surface area (Å²) in [7, 11) is -3.19. The molecule has 0 aromatic carbocycles. The van der Waals surface area contributed by atoms with Crippen LogP contribution in [-0.2, 0) is 10.2 Å². The summed E-state index contributed by atoms with van der Waals surface area (Å²) in [5.74, 6) is 1.04. The minimum atomic E-state index is -3.19. The van der Waals surface area contributed by atoms with Gasteiger partial charge in [0.05, 0.1) is 0 Å². The lowest BCUT2D eigenvalue weighted by atomic mass is 9.79. The molecule has 18 heavy (non-hydrogen) atoms. The number of hydrogen-bond donors (Lipinski definition) is 1. The number of nitrogens with zero attached hydrogens (tertiary/aromatic N) is 2. The van der Waals surface area contributed by atoms with Gasteiger partial charge in [-0.2, -0.15) is 17.0 Å². The molecule has 2 saturated heterocycles. The third-order valence-corrected chi connectivity index (χ3v) is 6.74. The third kappa shape index (κ3) is 2.19. The van der Waals surface area contributed by atoms with Crippen molar-refractivity contribution in [2.24, 2.45) is 17.6 Å². The van der Waals surface area contributed by atoms with Gasteiger partial charge in [-0.05, 0) is 43.9 Å². The second-order valence-corrected chi connectivity index (χ2v) is 7.95. The molecular formula is C12H23N3O2S. The third-order valence-electron chi connectivity index (χ3n) is 4.77. The van der Waals surface area contributed by atoms with Gasteiger partial charge in [0.1, 0.15) is 0 Å². The van der Waals surface area contributed by atoms with E-state index < -0.39 is 10.2 Å². The predicted octanol–water partition coefficient (Wildman–Crippen LogP) is 0.386. The Balaban J connectivity index is 1.71. The Morgan fingerprint density at radius 2 is 1.61 bits per heavy atom. The van der Waals surface area contributed by atoms with Crippen LogP contribution in [0.5, 0.6) is 0 Å². The molecule has 1 unspecified atom stereocenters. The molecule has 3 fully saturated rings. The second-order valence-electron chi connectivity index (χ2n) is 6.02. The number of rotatable bonds is 2. The van der Waals surface area contributed by atoms with Crippen molar-refractivity contribution < 1.29 is 8.42 Å². The zero-order valence-electron chi connectivity index (χ0n) is 10.8. The molecule has 2 heterocycles.